The van der Waals surface area contributed by atoms with Crippen LogP contribution in [0.15, 0.2) is 47.8 Å². The topological polar surface area (TPSA) is 52.6 Å². The molecular weight excluding hydrogens is 284 g/mol. The Kier molecular flexibility index (Phi) is 6.24. The van der Waals surface area contributed by atoms with Crippen LogP contribution < -0.4 is 5.32 Å². The van der Waals surface area contributed by atoms with E-state index in [1.54, 1.807) is 16.2 Å². The van der Waals surface area contributed by atoms with E-state index in [-0.39, 0.29) is 12.6 Å². The van der Waals surface area contributed by atoms with E-state index in [1.165, 1.54) is 4.88 Å². The molecule has 0 saturated heterocycles. The van der Waals surface area contributed by atoms with Gasteiger partial charge in [0.15, 0.2) is 0 Å². The summed E-state index contributed by atoms with van der Waals surface area (Å²) in [4.78, 5) is 15.1. The summed E-state index contributed by atoms with van der Waals surface area (Å²) in [6, 6.07) is 13.7. The average Bonchev–Trinajstić information content (AvgIpc) is 3.01. The highest BCUT2D eigenvalue weighted by Crippen LogP contribution is 2.08. The van der Waals surface area contributed by atoms with E-state index < -0.39 is 0 Å². The SMILES string of the molecule is O=C(NCCc1cccs1)N(CCO)Cc1ccccc1. The van der Waals surface area contributed by atoms with Crippen LogP contribution in [0.2, 0.25) is 0 Å². The van der Waals surface area contributed by atoms with Crippen molar-refractivity contribution in [1.82, 2.24) is 10.2 Å². The maximum Gasteiger partial charge on any atom is 0.317 e. The van der Waals surface area contributed by atoms with Crippen LogP contribution in [0.3, 0.4) is 0 Å². The number of hydrogen-bond acceptors (Lipinski definition) is 3. The summed E-state index contributed by atoms with van der Waals surface area (Å²) in [5.74, 6) is 0. The summed E-state index contributed by atoms with van der Waals surface area (Å²) in [6.45, 7) is 1.41. The van der Waals surface area contributed by atoms with Gasteiger partial charge >= 0.3 is 6.03 Å². The lowest BCUT2D eigenvalue weighted by Gasteiger charge is -2.22. The van der Waals surface area contributed by atoms with E-state index in [9.17, 15) is 4.79 Å². The molecule has 2 amide bonds. The molecule has 0 saturated carbocycles. The Labute approximate surface area is 129 Å². The molecule has 21 heavy (non-hydrogen) atoms. The Balaban J connectivity index is 1.83. The maximum absolute atomic E-state index is 12.2. The zero-order chi connectivity index (χ0) is 14.9. The van der Waals surface area contributed by atoms with Crippen molar-refractivity contribution in [1.29, 1.82) is 0 Å². The molecule has 0 aliphatic heterocycles. The van der Waals surface area contributed by atoms with Crippen LogP contribution in [-0.4, -0.2) is 35.7 Å². The van der Waals surface area contributed by atoms with Gasteiger partial charge in [-0.1, -0.05) is 36.4 Å². The van der Waals surface area contributed by atoms with Crippen LogP contribution in [-0.2, 0) is 13.0 Å². The number of amides is 2. The minimum absolute atomic E-state index is 0.0365. The molecule has 0 fully saturated rings. The van der Waals surface area contributed by atoms with Crippen molar-refractivity contribution in [2.75, 3.05) is 19.7 Å². The summed E-state index contributed by atoms with van der Waals surface area (Å²) in [5.41, 5.74) is 1.05. The third-order valence-corrected chi connectivity index (χ3v) is 4.04. The molecule has 4 nitrogen and oxygen atoms in total. The van der Waals surface area contributed by atoms with Gasteiger partial charge in [-0.15, -0.1) is 11.3 Å². The lowest BCUT2D eigenvalue weighted by atomic mass is 10.2. The van der Waals surface area contributed by atoms with E-state index in [4.69, 9.17) is 5.11 Å². The zero-order valence-electron chi connectivity index (χ0n) is 11.9. The van der Waals surface area contributed by atoms with E-state index in [2.05, 4.69) is 11.4 Å². The fraction of sp³-hybridized carbons (Fsp3) is 0.312. The van der Waals surface area contributed by atoms with Crippen LogP contribution in [0, 0.1) is 0 Å². The minimum Gasteiger partial charge on any atom is -0.395 e. The molecule has 0 bridgehead atoms. The molecular formula is C16H20N2O2S. The summed E-state index contributed by atoms with van der Waals surface area (Å²) in [5, 5.41) is 14.1. The van der Waals surface area contributed by atoms with Crippen molar-refractivity contribution in [3.63, 3.8) is 0 Å². The number of aliphatic hydroxyl groups excluding tert-OH is 1. The number of carbonyl (C=O) groups is 1. The van der Waals surface area contributed by atoms with Crippen LogP contribution in [0.4, 0.5) is 4.79 Å². The normalized spacial score (nSPS) is 10.3. The molecule has 0 unspecified atom stereocenters. The number of urea groups is 1. The fourth-order valence-electron chi connectivity index (χ4n) is 2.04. The van der Waals surface area contributed by atoms with Crippen LogP contribution in [0.1, 0.15) is 10.4 Å². The third-order valence-electron chi connectivity index (χ3n) is 3.10. The lowest BCUT2D eigenvalue weighted by Crippen LogP contribution is -2.41. The van der Waals surface area contributed by atoms with E-state index >= 15 is 0 Å². The number of carbonyl (C=O) groups excluding carboxylic acids is 1. The number of thiophene rings is 1. The molecule has 5 heteroatoms. The first-order valence-corrected chi connectivity index (χ1v) is 7.87. The van der Waals surface area contributed by atoms with Gasteiger partial charge in [-0.25, -0.2) is 4.79 Å². The van der Waals surface area contributed by atoms with E-state index in [1.807, 2.05) is 41.8 Å². The molecule has 0 aliphatic carbocycles. The van der Waals surface area contributed by atoms with Gasteiger partial charge in [0.1, 0.15) is 0 Å². The van der Waals surface area contributed by atoms with Gasteiger partial charge in [0.05, 0.1) is 6.61 Å². The predicted molar refractivity (Wildman–Crippen MR) is 85.4 cm³/mol. The first-order chi connectivity index (χ1) is 10.3. The molecule has 2 aromatic rings. The summed E-state index contributed by atoms with van der Waals surface area (Å²) in [7, 11) is 0. The van der Waals surface area contributed by atoms with Crippen molar-refractivity contribution in [2.45, 2.75) is 13.0 Å². The van der Waals surface area contributed by atoms with Crippen molar-refractivity contribution in [3.05, 3.63) is 58.3 Å². The Morgan fingerprint density at radius 1 is 1.19 bits per heavy atom. The molecule has 0 atom stereocenters. The monoisotopic (exact) mass is 304 g/mol. The van der Waals surface area contributed by atoms with Gasteiger partial charge in [0.2, 0.25) is 0 Å². The zero-order valence-corrected chi connectivity index (χ0v) is 12.7. The minimum atomic E-state index is -0.135. The number of aliphatic hydroxyl groups is 1. The highest BCUT2D eigenvalue weighted by molar-refractivity contribution is 7.09. The Hall–Kier alpha value is -1.85. The number of benzene rings is 1. The lowest BCUT2D eigenvalue weighted by molar-refractivity contribution is 0.174. The number of nitrogens with one attached hydrogen (secondary N) is 1. The molecule has 112 valence electrons. The summed E-state index contributed by atoms with van der Waals surface area (Å²) in [6.07, 6.45) is 0.835. The molecule has 0 radical (unpaired) electrons. The smallest absolute Gasteiger partial charge is 0.317 e. The molecule has 0 aliphatic rings. The molecule has 0 spiro atoms. The fourth-order valence-corrected chi connectivity index (χ4v) is 2.75. The first-order valence-electron chi connectivity index (χ1n) is 6.99. The predicted octanol–water partition coefficient (Wildman–Crippen LogP) is 2.49. The molecule has 1 aromatic heterocycles. The molecule has 2 rings (SSSR count). The highest BCUT2D eigenvalue weighted by atomic mass is 32.1. The highest BCUT2D eigenvalue weighted by Gasteiger charge is 2.12. The average molecular weight is 304 g/mol. The van der Waals surface area contributed by atoms with Crippen molar-refractivity contribution in [2.24, 2.45) is 0 Å². The van der Waals surface area contributed by atoms with Crippen LogP contribution in [0.5, 0.6) is 0 Å². The van der Waals surface area contributed by atoms with Gasteiger partial charge in [-0.05, 0) is 23.4 Å². The molecule has 2 N–H and O–H groups in total. The first kappa shape index (κ1) is 15.5. The Morgan fingerprint density at radius 3 is 2.67 bits per heavy atom. The number of rotatable bonds is 7. The Morgan fingerprint density at radius 2 is 2.00 bits per heavy atom. The van der Waals surface area contributed by atoms with Gasteiger partial charge in [0, 0.05) is 24.5 Å². The van der Waals surface area contributed by atoms with Gasteiger partial charge in [-0.3, -0.25) is 0 Å². The number of nitrogens with zero attached hydrogens (tertiary/aromatic N) is 1. The quantitative estimate of drug-likeness (QED) is 0.826. The van der Waals surface area contributed by atoms with Gasteiger partial charge < -0.3 is 15.3 Å². The second kappa shape index (κ2) is 8.44. The van der Waals surface area contributed by atoms with Crippen molar-refractivity contribution >= 4 is 17.4 Å². The van der Waals surface area contributed by atoms with Crippen molar-refractivity contribution < 1.29 is 9.90 Å². The number of hydrogen-bond donors (Lipinski definition) is 2. The summed E-state index contributed by atoms with van der Waals surface area (Å²) >= 11 is 1.69. The van der Waals surface area contributed by atoms with Crippen LogP contribution in [0.25, 0.3) is 0 Å². The molecule has 1 heterocycles. The standard InChI is InChI=1S/C16H20N2O2S/c19-11-10-18(13-14-5-2-1-3-6-14)16(20)17-9-8-15-7-4-12-21-15/h1-7,12,19H,8-11,13H2,(H,17,20). The van der Waals surface area contributed by atoms with Gasteiger partial charge in [0.25, 0.3) is 0 Å². The van der Waals surface area contributed by atoms with E-state index in [0.717, 1.165) is 12.0 Å². The Bertz CT molecular complexity index is 528. The molecule has 1 aromatic carbocycles. The largest absolute Gasteiger partial charge is 0.395 e. The van der Waals surface area contributed by atoms with Crippen LogP contribution >= 0.6 is 11.3 Å². The summed E-state index contributed by atoms with van der Waals surface area (Å²) < 4.78 is 0. The third kappa shape index (κ3) is 5.21. The van der Waals surface area contributed by atoms with E-state index in [0.29, 0.717) is 19.6 Å². The second-order valence-corrected chi connectivity index (χ2v) is 5.72. The second-order valence-electron chi connectivity index (χ2n) is 4.69. The maximum atomic E-state index is 12.2. The van der Waals surface area contributed by atoms with Crippen molar-refractivity contribution in [3.8, 4) is 0 Å². The van der Waals surface area contributed by atoms with Gasteiger partial charge in [-0.2, -0.15) is 0 Å².